The number of nitrogens with zero attached hydrogens (tertiary/aromatic N) is 1. The minimum atomic E-state index is -0.128. The maximum atomic E-state index is 12.4. The van der Waals surface area contributed by atoms with Crippen molar-refractivity contribution in [2.45, 2.75) is 0 Å². The summed E-state index contributed by atoms with van der Waals surface area (Å²) in [6.07, 6.45) is 0. The Kier molecular flexibility index (Phi) is 3.48. The van der Waals surface area contributed by atoms with Gasteiger partial charge in [0.05, 0.1) is 22.2 Å². The molecule has 2 aromatic heterocycles. The molecule has 0 spiro atoms. The summed E-state index contributed by atoms with van der Waals surface area (Å²) in [5.41, 5.74) is 0.849. The van der Waals surface area contributed by atoms with Crippen molar-refractivity contribution in [1.29, 1.82) is 0 Å². The highest BCUT2D eigenvalue weighted by molar-refractivity contribution is 7.23. The number of hydrogen-bond acceptors (Lipinski definition) is 5. The number of carbonyl (C=O) groups is 1. The molecule has 2 aromatic carbocycles. The standard InChI is InChI=1S/C17H12N2O2S2/c1-21-11-6-7-12-14(9-11)23-17(18-12)19-16(20)15-8-10-4-2-3-5-13(10)22-15/h2-9H,1H3,(H,18,19,20). The first-order valence-corrected chi connectivity index (χ1v) is 8.61. The molecule has 4 nitrogen and oxygen atoms in total. The molecule has 114 valence electrons. The monoisotopic (exact) mass is 340 g/mol. The van der Waals surface area contributed by atoms with E-state index in [1.165, 1.54) is 22.7 Å². The Morgan fingerprint density at radius 2 is 1.96 bits per heavy atom. The molecule has 2 heterocycles. The zero-order chi connectivity index (χ0) is 15.8. The van der Waals surface area contributed by atoms with Gasteiger partial charge in [-0.2, -0.15) is 0 Å². The summed E-state index contributed by atoms with van der Waals surface area (Å²) in [5, 5.41) is 4.56. The second kappa shape index (κ2) is 5.64. The van der Waals surface area contributed by atoms with E-state index >= 15 is 0 Å². The van der Waals surface area contributed by atoms with E-state index in [9.17, 15) is 4.79 Å². The van der Waals surface area contributed by atoms with Crippen LogP contribution in [0, 0.1) is 0 Å². The number of nitrogens with one attached hydrogen (secondary N) is 1. The number of benzene rings is 2. The Morgan fingerprint density at radius 3 is 2.78 bits per heavy atom. The van der Waals surface area contributed by atoms with Gasteiger partial charge in [-0.3, -0.25) is 10.1 Å². The molecule has 0 aliphatic rings. The third-order valence-corrected chi connectivity index (χ3v) is 5.51. The van der Waals surface area contributed by atoms with Gasteiger partial charge in [0.15, 0.2) is 5.13 Å². The van der Waals surface area contributed by atoms with Crippen molar-refractivity contribution in [3.05, 3.63) is 53.4 Å². The number of hydrogen-bond donors (Lipinski definition) is 1. The Hall–Kier alpha value is -2.44. The lowest BCUT2D eigenvalue weighted by Crippen LogP contribution is -2.09. The smallest absolute Gasteiger partial charge is 0.267 e. The van der Waals surface area contributed by atoms with Gasteiger partial charge in [-0.25, -0.2) is 4.98 Å². The van der Waals surface area contributed by atoms with Crippen LogP contribution in [0.1, 0.15) is 9.67 Å². The molecular formula is C17H12N2O2S2. The third kappa shape index (κ3) is 2.67. The number of thiophene rings is 1. The zero-order valence-corrected chi connectivity index (χ0v) is 13.8. The average Bonchev–Trinajstić information content (AvgIpc) is 3.17. The van der Waals surface area contributed by atoms with Crippen LogP contribution >= 0.6 is 22.7 Å². The van der Waals surface area contributed by atoms with Crippen molar-refractivity contribution >= 4 is 54.0 Å². The first-order chi connectivity index (χ1) is 11.2. The van der Waals surface area contributed by atoms with Crippen LogP contribution in [0.15, 0.2) is 48.5 Å². The number of aromatic nitrogens is 1. The van der Waals surface area contributed by atoms with E-state index < -0.39 is 0 Å². The molecule has 0 fully saturated rings. The van der Waals surface area contributed by atoms with E-state index in [4.69, 9.17) is 4.74 Å². The Balaban J connectivity index is 1.62. The van der Waals surface area contributed by atoms with E-state index in [1.807, 2.05) is 48.5 Å². The van der Waals surface area contributed by atoms with Crippen molar-refractivity contribution in [3.63, 3.8) is 0 Å². The molecule has 0 aliphatic carbocycles. The Bertz CT molecular complexity index is 987. The van der Waals surface area contributed by atoms with E-state index in [1.54, 1.807) is 7.11 Å². The molecule has 0 saturated heterocycles. The van der Waals surface area contributed by atoms with Gasteiger partial charge in [0, 0.05) is 4.70 Å². The summed E-state index contributed by atoms with van der Waals surface area (Å²) in [6, 6.07) is 15.5. The summed E-state index contributed by atoms with van der Waals surface area (Å²) in [7, 11) is 1.63. The van der Waals surface area contributed by atoms with Gasteiger partial charge < -0.3 is 4.74 Å². The summed E-state index contributed by atoms with van der Waals surface area (Å²) in [4.78, 5) is 17.6. The summed E-state index contributed by atoms with van der Waals surface area (Å²) in [5.74, 6) is 0.653. The largest absolute Gasteiger partial charge is 0.497 e. The van der Waals surface area contributed by atoms with E-state index in [0.717, 1.165) is 26.1 Å². The number of amides is 1. The molecule has 0 unspecified atom stereocenters. The molecule has 0 radical (unpaired) electrons. The number of rotatable bonds is 3. The van der Waals surface area contributed by atoms with Crippen molar-refractivity contribution < 1.29 is 9.53 Å². The van der Waals surface area contributed by atoms with Gasteiger partial charge in [-0.05, 0) is 35.7 Å². The van der Waals surface area contributed by atoms with E-state index in [0.29, 0.717) is 10.0 Å². The number of thiazole rings is 1. The highest BCUT2D eigenvalue weighted by Crippen LogP contribution is 2.30. The lowest BCUT2D eigenvalue weighted by molar-refractivity contribution is 0.103. The van der Waals surface area contributed by atoms with Crippen molar-refractivity contribution in [2.75, 3.05) is 12.4 Å². The SMILES string of the molecule is COc1ccc2nc(NC(=O)c3cc4ccccc4s3)sc2c1. The summed E-state index contributed by atoms with van der Waals surface area (Å²) in [6.45, 7) is 0. The number of fused-ring (bicyclic) bond motifs is 2. The molecule has 1 amide bonds. The van der Waals surface area contributed by atoms with Crippen molar-refractivity contribution in [1.82, 2.24) is 4.98 Å². The van der Waals surface area contributed by atoms with Gasteiger partial charge in [0.1, 0.15) is 5.75 Å². The van der Waals surface area contributed by atoms with Crippen LogP contribution in [0.2, 0.25) is 0 Å². The fourth-order valence-electron chi connectivity index (χ4n) is 2.34. The Morgan fingerprint density at radius 1 is 1.09 bits per heavy atom. The average molecular weight is 340 g/mol. The van der Waals surface area contributed by atoms with Crippen LogP contribution in [-0.4, -0.2) is 18.0 Å². The summed E-state index contributed by atoms with van der Waals surface area (Å²) < 4.78 is 7.29. The highest BCUT2D eigenvalue weighted by atomic mass is 32.1. The Labute approximate surface area is 140 Å². The second-order valence-electron chi connectivity index (χ2n) is 4.96. The van der Waals surface area contributed by atoms with Gasteiger partial charge in [0.2, 0.25) is 0 Å². The normalized spacial score (nSPS) is 11.0. The summed E-state index contributed by atoms with van der Waals surface area (Å²) >= 11 is 2.92. The molecule has 0 bridgehead atoms. The zero-order valence-electron chi connectivity index (χ0n) is 12.2. The highest BCUT2D eigenvalue weighted by Gasteiger charge is 2.13. The van der Waals surface area contributed by atoms with Gasteiger partial charge in [-0.1, -0.05) is 29.5 Å². The van der Waals surface area contributed by atoms with Gasteiger partial charge in [0.25, 0.3) is 5.91 Å². The maximum absolute atomic E-state index is 12.4. The first kappa shape index (κ1) is 14.2. The number of methoxy groups -OCH3 is 1. The molecule has 0 aliphatic heterocycles. The molecule has 0 atom stereocenters. The number of carbonyl (C=O) groups excluding carboxylic acids is 1. The van der Waals surface area contributed by atoms with Crippen LogP contribution in [0.4, 0.5) is 5.13 Å². The van der Waals surface area contributed by atoms with E-state index in [2.05, 4.69) is 10.3 Å². The predicted molar refractivity (Wildman–Crippen MR) is 96.0 cm³/mol. The third-order valence-electron chi connectivity index (χ3n) is 3.47. The molecule has 6 heteroatoms. The van der Waals surface area contributed by atoms with Gasteiger partial charge >= 0.3 is 0 Å². The molecule has 0 saturated carbocycles. The first-order valence-electron chi connectivity index (χ1n) is 6.97. The predicted octanol–water partition coefficient (Wildman–Crippen LogP) is 4.77. The molecular weight excluding hydrogens is 328 g/mol. The molecule has 4 aromatic rings. The van der Waals surface area contributed by atoms with Crippen LogP contribution in [0.25, 0.3) is 20.3 Å². The van der Waals surface area contributed by atoms with Crippen molar-refractivity contribution in [2.24, 2.45) is 0 Å². The molecule has 23 heavy (non-hydrogen) atoms. The van der Waals surface area contributed by atoms with Crippen LogP contribution in [0.3, 0.4) is 0 Å². The second-order valence-corrected chi connectivity index (χ2v) is 7.07. The van der Waals surface area contributed by atoms with Crippen molar-refractivity contribution in [3.8, 4) is 5.75 Å². The minimum Gasteiger partial charge on any atom is -0.497 e. The lowest BCUT2D eigenvalue weighted by Gasteiger charge is -1.96. The number of anilines is 1. The lowest BCUT2D eigenvalue weighted by atomic mass is 10.2. The van der Waals surface area contributed by atoms with Gasteiger partial charge in [-0.15, -0.1) is 11.3 Å². The molecule has 4 rings (SSSR count). The maximum Gasteiger partial charge on any atom is 0.267 e. The van der Waals surface area contributed by atoms with Crippen LogP contribution in [0.5, 0.6) is 5.75 Å². The van der Waals surface area contributed by atoms with Crippen LogP contribution < -0.4 is 10.1 Å². The quantitative estimate of drug-likeness (QED) is 0.584. The topological polar surface area (TPSA) is 51.2 Å². The fraction of sp³-hybridized carbons (Fsp3) is 0.0588. The van der Waals surface area contributed by atoms with E-state index in [-0.39, 0.29) is 5.91 Å². The minimum absolute atomic E-state index is 0.128. The molecule has 1 N–H and O–H groups in total. The fourth-order valence-corrected chi connectivity index (χ4v) is 4.19. The number of ether oxygens (including phenoxy) is 1. The van der Waals surface area contributed by atoms with Crippen LogP contribution in [-0.2, 0) is 0 Å².